The van der Waals surface area contributed by atoms with Crippen LogP contribution < -0.4 is 9.46 Å². The van der Waals surface area contributed by atoms with Crippen molar-refractivity contribution in [2.45, 2.75) is 44.6 Å². The minimum Gasteiger partial charge on any atom is -0.494 e. The van der Waals surface area contributed by atoms with Crippen LogP contribution in [0.2, 0.25) is 0 Å². The maximum absolute atomic E-state index is 13.7. The number of halogens is 1. The fourth-order valence-corrected chi connectivity index (χ4v) is 2.97. The summed E-state index contributed by atoms with van der Waals surface area (Å²) in [5.74, 6) is -0.446. The second kappa shape index (κ2) is 5.88. The molecule has 0 aliphatic heterocycles. The third-order valence-electron chi connectivity index (χ3n) is 2.11. The number of hydrogen-bond donors (Lipinski definition) is 1. The Balaban J connectivity index is 3.11. The second-order valence-corrected chi connectivity index (χ2v) is 6.95. The van der Waals surface area contributed by atoms with Crippen molar-refractivity contribution >= 4 is 10.0 Å². The molecule has 0 saturated carbocycles. The predicted molar refractivity (Wildman–Crippen MR) is 72.3 cm³/mol. The lowest BCUT2D eigenvalue weighted by atomic mass is 10.1. The van der Waals surface area contributed by atoms with Crippen molar-refractivity contribution in [3.63, 3.8) is 0 Å². The summed E-state index contributed by atoms with van der Waals surface area (Å²) in [5.41, 5.74) is -0.675. The lowest BCUT2D eigenvalue weighted by Gasteiger charge is -2.20. The van der Waals surface area contributed by atoms with Gasteiger partial charge in [0.05, 0.1) is 6.61 Å². The van der Waals surface area contributed by atoms with Crippen molar-refractivity contribution in [1.82, 2.24) is 4.72 Å². The normalized spacial score (nSPS) is 12.5. The molecule has 1 N–H and O–H groups in total. The first-order chi connectivity index (χ1) is 8.65. The van der Waals surface area contributed by atoms with Crippen molar-refractivity contribution in [3.05, 3.63) is 24.0 Å². The van der Waals surface area contributed by atoms with Gasteiger partial charge in [-0.05, 0) is 39.3 Å². The molecular weight excluding hydrogens is 269 g/mol. The Hall–Kier alpha value is -1.14. The van der Waals surface area contributed by atoms with E-state index >= 15 is 0 Å². The molecule has 0 unspecified atom stereocenters. The van der Waals surface area contributed by atoms with Gasteiger partial charge in [-0.2, -0.15) is 0 Å². The van der Waals surface area contributed by atoms with Crippen LogP contribution in [0, 0.1) is 5.82 Å². The van der Waals surface area contributed by atoms with Crippen LogP contribution in [0.25, 0.3) is 0 Å². The highest BCUT2D eigenvalue weighted by molar-refractivity contribution is 7.89. The molecule has 1 aromatic carbocycles. The van der Waals surface area contributed by atoms with Gasteiger partial charge in [-0.25, -0.2) is 17.5 Å². The maximum Gasteiger partial charge on any atom is 0.244 e. The van der Waals surface area contributed by atoms with E-state index in [-0.39, 0.29) is 0 Å². The molecule has 0 aliphatic carbocycles. The van der Waals surface area contributed by atoms with Gasteiger partial charge in [-0.1, -0.05) is 6.92 Å². The highest BCUT2D eigenvalue weighted by Crippen LogP contribution is 2.22. The molecule has 19 heavy (non-hydrogen) atoms. The van der Waals surface area contributed by atoms with Crippen molar-refractivity contribution in [2.24, 2.45) is 0 Å². The molecule has 108 valence electrons. The van der Waals surface area contributed by atoms with E-state index in [2.05, 4.69) is 4.72 Å². The summed E-state index contributed by atoms with van der Waals surface area (Å²) in [6.07, 6.45) is 0.791. The largest absolute Gasteiger partial charge is 0.494 e. The van der Waals surface area contributed by atoms with E-state index in [0.717, 1.165) is 12.5 Å². The van der Waals surface area contributed by atoms with Crippen LogP contribution >= 0.6 is 0 Å². The molecule has 0 fully saturated rings. The van der Waals surface area contributed by atoms with Crippen LogP contribution in [-0.4, -0.2) is 20.6 Å². The fourth-order valence-electron chi connectivity index (χ4n) is 1.46. The van der Waals surface area contributed by atoms with Crippen LogP contribution in [0.3, 0.4) is 0 Å². The third kappa shape index (κ3) is 4.80. The zero-order chi connectivity index (χ0) is 14.7. The zero-order valence-corrected chi connectivity index (χ0v) is 12.5. The minimum absolute atomic E-state index is 0.345. The fraction of sp³-hybridized carbons (Fsp3) is 0.538. The average molecular weight is 289 g/mol. The highest BCUT2D eigenvalue weighted by atomic mass is 32.2. The van der Waals surface area contributed by atoms with Gasteiger partial charge in [0.15, 0.2) is 0 Å². The van der Waals surface area contributed by atoms with Gasteiger partial charge in [-0.15, -0.1) is 0 Å². The predicted octanol–water partition coefficient (Wildman–Crippen LogP) is 2.69. The SMILES string of the molecule is CCCOc1ccc(F)c(S(=O)(=O)NC(C)(C)C)c1. The number of benzene rings is 1. The van der Waals surface area contributed by atoms with Gasteiger partial charge in [0.2, 0.25) is 10.0 Å². The summed E-state index contributed by atoms with van der Waals surface area (Å²) in [6, 6.07) is 3.72. The number of sulfonamides is 1. The summed E-state index contributed by atoms with van der Waals surface area (Å²) in [6.45, 7) is 7.47. The minimum atomic E-state index is -3.90. The monoisotopic (exact) mass is 289 g/mol. The molecule has 0 bridgehead atoms. The highest BCUT2D eigenvalue weighted by Gasteiger charge is 2.25. The van der Waals surface area contributed by atoms with E-state index in [1.165, 1.54) is 12.1 Å². The lowest BCUT2D eigenvalue weighted by molar-refractivity contribution is 0.315. The van der Waals surface area contributed by atoms with E-state index in [9.17, 15) is 12.8 Å². The van der Waals surface area contributed by atoms with E-state index in [1.807, 2.05) is 6.92 Å². The molecule has 1 rings (SSSR count). The van der Waals surface area contributed by atoms with Gasteiger partial charge < -0.3 is 4.74 Å². The average Bonchev–Trinajstić information content (AvgIpc) is 2.24. The molecule has 0 heterocycles. The van der Waals surface area contributed by atoms with E-state index in [1.54, 1.807) is 20.8 Å². The van der Waals surface area contributed by atoms with E-state index in [4.69, 9.17) is 4.74 Å². The quantitative estimate of drug-likeness (QED) is 0.906. The Labute approximate surface area is 114 Å². The van der Waals surface area contributed by atoms with Crippen LogP contribution in [0.15, 0.2) is 23.1 Å². The molecular formula is C13H20FNO3S. The van der Waals surface area contributed by atoms with Crippen molar-refractivity contribution in [2.75, 3.05) is 6.61 Å². The number of nitrogens with one attached hydrogen (secondary N) is 1. The van der Waals surface area contributed by atoms with Crippen molar-refractivity contribution in [3.8, 4) is 5.75 Å². The van der Waals surface area contributed by atoms with Crippen LogP contribution in [0.4, 0.5) is 4.39 Å². The Bertz CT molecular complexity index is 535. The molecule has 0 aromatic heterocycles. The Kier molecular flexibility index (Phi) is 4.92. The molecule has 0 amide bonds. The summed E-state index contributed by atoms with van der Waals surface area (Å²) in [7, 11) is -3.90. The second-order valence-electron chi connectivity index (χ2n) is 5.30. The van der Waals surface area contributed by atoms with Gasteiger partial charge in [0, 0.05) is 11.6 Å². The number of ether oxygens (including phenoxy) is 1. The number of rotatable bonds is 5. The topological polar surface area (TPSA) is 55.4 Å². The number of hydrogen-bond acceptors (Lipinski definition) is 3. The first-order valence-electron chi connectivity index (χ1n) is 6.12. The van der Waals surface area contributed by atoms with Crippen molar-refractivity contribution < 1.29 is 17.5 Å². The lowest BCUT2D eigenvalue weighted by Crippen LogP contribution is -2.40. The van der Waals surface area contributed by atoms with Crippen LogP contribution in [0.1, 0.15) is 34.1 Å². The van der Waals surface area contributed by atoms with Crippen LogP contribution in [-0.2, 0) is 10.0 Å². The molecule has 1 aromatic rings. The molecule has 6 heteroatoms. The van der Waals surface area contributed by atoms with E-state index < -0.39 is 26.3 Å². The van der Waals surface area contributed by atoms with Gasteiger partial charge in [0.1, 0.15) is 16.5 Å². The van der Waals surface area contributed by atoms with Crippen LogP contribution in [0.5, 0.6) is 5.75 Å². The Morgan fingerprint density at radius 1 is 1.32 bits per heavy atom. The third-order valence-corrected chi connectivity index (χ3v) is 3.88. The van der Waals surface area contributed by atoms with Crippen molar-refractivity contribution in [1.29, 1.82) is 0 Å². The van der Waals surface area contributed by atoms with Gasteiger partial charge in [0.25, 0.3) is 0 Å². The molecule has 4 nitrogen and oxygen atoms in total. The molecule has 0 radical (unpaired) electrons. The summed E-state index contributed by atoms with van der Waals surface area (Å²) in [4.78, 5) is -0.393. The molecule has 0 spiro atoms. The summed E-state index contributed by atoms with van der Waals surface area (Å²) in [5, 5.41) is 0. The Morgan fingerprint density at radius 3 is 2.47 bits per heavy atom. The standard InChI is InChI=1S/C13H20FNO3S/c1-5-8-18-10-6-7-11(14)12(9-10)19(16,17)15-13(2,3)4/h6-7,9,15H,5,8H2,1-4H3. The molecule has 0 saturated heterocycles. The summed E-state index contributed by atoms with van der Waals surface area (Å²) >= 11 is 0. The maximum atomic E-state index is 13.7. The smallest absolute Gasteiger partial charge is 0.244 e. The zero-order valence-electron chi connectivity index (χ0n) is 11.7. The summed E-state index contributed by atoms with van der Waals surface area (Å²) < 4.78 is 45.6. The molecule has 0 aliphatic rings. The molecule has 0 atom stereocenters. The first kappa shape index (κ1) is 15.9. The first-order valence-corrected chi connectivity index (χ1v) is 7.60. The van der Waals surface area contributed by atoms with Gasteiger partial charge >= 0.3 is 0 Å². The van der Waals surface area contributed by atoms with E-state index in [0.29, 0.717) is 12.4 Å². The Morgan fingerprint density at radius 2 is 1.95 bits per heavy atom. The van der Waals surface area contributed by atoms with Gasteiger partial charge in [-0.3, -0.25) is 0 Å².